The SMILES string of the molecule is CC[N+](C)(C)CCN(C)C.O=S(=O)([O-])C(F)(F)F. The molecule has 0 heterocycles. The van der Waals surface area contributed by atoms with Crippen molar-refractivity contribution in [3.63, 3.8) is 0 Å². The van der Waals surface area contributed by atoms with Gasteiger partial charge < -0.3 is 13.9 Å². The van der Waals surface area contributed by atoms with E-state index in [1.165, 1.54) is 19.6 Å². The van der Waals surface area contributed by atoms with E-state index in [2.05, 4.69) is 40.0 Å². The summed E-state index contributed by atoms with van der Waals surface area (Å²) < 4.78 is 60.0. The van der Waals surface area contributed by atoms with E-state index in [0.29, 0.717) is 0 Å². The molecule has 0 saturated carbocycles. The van der Waals surface area contributed by atoms with Crippen LogP contribution in [0.25, 0.3) is 0 Å². The summed E-state index contributed by atoms with van der Waals surface area (Å²) in [5, 5.41) is 0. The van der Waals surface area contributed by atoms with E-state index in [0.717, 1.165) is 4.48 Å². The number of halogens is 3. The highest BCUT2D eigenvalue weighted by Crippen LogP contribution is 2.20. The molecule has 0 aromatic carbocycles. The van der Waals surface area contributed by atoms with Crippen molar-refractivity contribution in [1.29, 1.82) is 0 Å². The molecule has 5 nitrogen and oxygen atoms in total. The second-order valence-corrected chi connectivity index (χ2v) is 6.05. The van der Waals surface area contributed by atoms with Crippen LogP contribution in [-0.4, -0.2) is 75.7 Å². The van der Waals surface area contributed by atoms with Gasteiger partial charge in [-0.2, -0.15) is 13.2 Å². The van der Waals surface area contributed by atoms with Crippen LogP contribution >= 0.6 is 0 Å². The highest BCUT2D eigenvalue weighted by Gasteiger charge is 2.36. The first-order valence-corrected chi connectivity index (χ1v) is 6.62. The molecular formula is C9H21F3N2O3S. The number of hydrogen-bond acceptors (Lipinski definition) is 4. The highest BCUT2D eigenvalue weighted by atomic mass is 32.2. The van der Waals surface area contributed by atoms with E-state index >= 15 is 0 Å². The summed E-state index contributed by atoms with van der Waals surface area (Å²) in [5.74, 6) is 0. The van der Waals surface area contributed by atoms with Gasteiger partial charge in [-0.15, -0.1) is 0 Å². The molecule has 0 aliphatic rings. The van der Waals surface area contributed by atoms with Gasteiger partial charge in [-0.25, -0.2) is 8.42 Å². The van der Waals surface area contributed by atoms with Gasteiger partial charge >= 0.3 is 5.51 Å². The molecule has 112 valence electrons. The fraction of sp³-hybridized carbons (Fsp3) is 1.00. The number of rotatable bonds is 4. The van der Waals surface area contributed by atoms with Gasteiger partial charge in [-0.05, 0) is 21.0 Å². The Kier molecular flexibility index (Phi) is 8.06. The molecule has 9 heteroatoms. The average molecular weight is 294 g/mol. The van der Waals surface area contributed by atoms with E-state index in [1.807, 2.05) is 0 Å². The van der Waals surface area contributed by atoms with Crippen molar-refractivity contribution in [3.8, 4) is 0 Å². The van der Waals surface area contributed by atoms with Crippen LogP contribution in [-0.2, 0) is 10.1 Å². The van der Waals surface area contributed by atoms with Crippen molar-refractivity contribution in [2.45, 2.75) is 12.4 Å². The lowest BCUT2D eigenvalue weighted by molar-refractivity contribution is -0.887. The Morgan fingerprint density at radius 3 is 1.72 bits per heavy atom. The first-order chi connectivity index (χ1) is 7.73. The lowest BCUT2D eigenvalue weighted by Crippen LogP contribution is -2.43. The summed E-state index contributed by atoms with van der Waals surface area (Å²) in [4.78, 5) is 2.23. The standard InChI is InChI=1S/C8H21N2.CHF3O3S/c1-6-10(4,5)8-7-9(2)3;2-1(3,4)8(5,6)7/h6-8H2,1-5H3;(H,5,6,7)/q+1;/p-1. The number of likely N-dealkylation sites (N-methyl/N-ethyl adjacent to an activating group) is 2. The quantitative estimate of drug-likeness (QED) is 0.435. The molecule has 0 unspecified atom stereocenters. The number of nitrogens with zero attached hydrogens (tertiary/aromatic N) is 2. The van der Waals surface area contributed by atoms with Crippen LogP contribution in [0.2, 0.25) is 0 Å². The van der Waals surface area contributed by atoms with Crippen molar-refractivity contribution in [1.82, 2.24) is 4.90 Å². The Morgan fingerprint density at radius 1 is 1.22 bits per heavy atom. The molecule has 0 atom stereocenters. The molecule has 0 N–H and O–H groups in total. The molecule has 0 radical (unpaired) electrons. The molecule has 0 spiro atoms. The van der Waals surface area contributed by atoms with E-state index in [4.69, 9.17) is 13.0 Å². The summed E-state index contributed by atoms with van der Waals surface area (Å²) in [7, 11) is 2.69. The Bertz CT molecular complexity index is 326. The molecular weight excluding hydrogens is 273 g/mol. The number of quaternary nitrogens is 1. The zero-order valence-corrected chi connectivity index (χ0v) is 12.1. The fourth-order valence-electron chi connectivity index (χ4n) is 0.629. The van der Waals surface area contributed by atoms with Gasteiger partial charge in [0.1, 0.15) is 0 Å². The second kappa shape index (κ2) is 7.27. The summed E-state index contributed by atoms with van der Waals surface area (Å²) >= 11 is 0. The van der Waals surface area contributed by atoms with Crippen LogP contribution in [0.3, 0.4) is 0 Å². The van der Waals surface area contributed by atoms with Crippen LogP contribution in [0.4, 0.5) is 13.2 Å². The fourth-order valence-corrected chi connectivity index (χ4v) is 0.629. The maximum Gasteiger partial charge on any atom is 0.485 e. The van der Waals surface area contributed by atoms with Gasteiger partial charge in [0.25, 0.3) is 0 Å². The van der Waals surface area contributed by atoms with Crippen molar-refractivity contribution in [2.75, 3.05) is 47.8 Å². The first kappa shape index (κ1) is 19.9. The van der Waals surface area contributed by atoms with Crippen LogP contribution in [0.15, 0.2) is 0 Å². The molecule has 18 heavy (non-hydrogen) atoms. The maximum absolute atomic E-state index is 10.7. The number of hydrogen-bond donors (Lipinski definition) is 0. The van der Waals surface area contributed by atoms with Gasteiger partial charge in [0.2, 0.25) is 0 Å². The Balaban J connectivity index is 0. The summed E-state index contributed by atoms with van der Waals surface area (Å²) in [5.41, 5.74) is -5.65. The summed E-state index contributed by atoms with van der Waals surface area (Å²) in [6.07, 6.45) is 0. The largest absolute Gasteiger partial charge is 0.741 e. The minimum atomic E-state index is -6.09. The van der Waals surface area contributed by atoms with Gasteiger partial charge in [0, 0.05) is 6.54 Å². The Hall–Kier alpha value is -0.380. The zero-order chi connectivity index (χ0) is 15.2. The topological polar surface area (TPSA) is 60.4 Å². The predicted molar refractivity (Wildman–Crippen MR) is 61.8 cm³/mol. The molecule has 0 rings (SSSR count). The van der Waals surface area contributed by atoms with E-state index in [9.17, 15) is 13.2 Å². The van der Waals surface area contributed by atoms with Crippen molar-refractivity contribution >= 4 is 10.1 Å². The summed E-state index contributed by atoms with van der Waals surface area (Å²) in [6, 6.07) is 0. The van der Waals surface area contributed by atoms with Gasteiger partial charge in [0.15, 0.2) is 10.1 Å². The molecule has 0 aliphatic heterocycles. The van der Waals surface area contributed by atoms with Gasteiger partial charge in [0.05, 0.1) is 27.2 Å². The van der Waals surface area contributed by atoms with E-state index in [1.54, 1.807) is 0 Å². The van der Waals surface area contributed by atoms with Crippen molar-refractivity contribution in [3.05, 3.63) is 0 Å². The van der Waals surface area contributed by atoms with Crippen molar-refractivity contribution < 1.29 is 30.6 Å². The van der Waals surface area contributed by atoms with E-state index < -0.39 is 15.6 Å². The molecule has 0 aromatic heterocycles. The van der Waals surface area contributed by atoms with Crippen LogP contribution in [0.5, 0.6) is 0 Å². The van der Waals surface area contributed by atoms with Gasteiger partial charge in [-0.3, -0.25) is 0 Å². The first-order valence-electron chi connectivity index (χ1n) is 5.22. The lowest BCUT2D eigenvalue weighted by atomic mass is 10.4. The lowest BCUT2D eigenvalue weighted by Gasteiger charge is -2.29. The average Bonchev–Trinajstić information content (AvgIpc) is 2.13. The smallest absolute Gasteiger partial charge is 0.485 e. The molecule has 0 saturated heterocycles. The molecule has 0 aromatic rings. The minimum Gasteiger partial charge on any atom is -0.741 e. The molecule has 0 aliphatic carbocycles. The normalized spacial score (nSPS) is 13.2. The number of alkyl halides is 3. The third-order valence-electron chi connectivity index (χ3n) is 2.29. The van der Waals surface area contributed by atoms with E-state index in [-0.39, 0.29) is 0 Å². The van der Waals surface area contributed by atoms with Crippen LogP contribution < -0.4 is 0 Å². The Morgan fingerprint density at radius 2 is 1.56 bits per heavy atom. The molecule has 0 amide bonds. The Labute approximate surface area is 107 Å². The zero-order valence-electron chi connectivity index (χ0n) is 11.3. The predicted octanol–water partition coefficient (Wildman–Crippen LogP) is 0.696. The monoisotopic (exact) mass is 294 g/mol. The second-order valence-electron chi connectivity index (χ2n) is 4.68. The van der Waals surface area contributed by atoms with Gasteiger partial charge in [-0.1, -0.05) is 0 Å². The highest BCUT2D eigenvalue weighted by molar-refractivity contribution is 7.86. The van der Waals surface area contributed by atoms with Crippen LogP contribution in [0.1, 0.15) is 6.92 Å². The minimum absolute atomic E-state index is 1.12. The molecule has 0 bridgehead atoms. The summed E-state index contributed by atoms with van der Waals surface area (Å²) in [6.45, 7) is 5.87. The molecule has 0 fully saturated rings. The van der Waals surface area contributed by atoms with Crippen LogP contribution in [0, 0.1) is 0 Å². The van der Waals surface area contributed by atoms with Crippen molar-refractivity contribution in [2.24, 2.45) is 0 Å². The maximum atomic E-state index is 10.7. The third-order valence-corrected chi connectivity index (χ3v) is 2.86. The third kappa shape index (κ3) is 10.8.